The standard InChI is InChI=1S/C15H17N3O3S/c1-3-22(20,21)10-9-14(19)16-15-12(2)11-18(17-15)13-7-5-4-6-8-13/h3-8,11H,1,9-10H2,2H3,(H,16,17,19). The number of rotatable bonds is 6. The molecule has 2 aromatic rings. The van der Waals surface area contributed by atoms with Crippen LogP contribution >= 0.6 is 0 Å². The number of benzene rings is 1. The second-order valence-corrected chi connectivity index (χ2v) is 6.84. The van der Waals surface area contributed by atoms with Crippen LogP contribution in [0, 0.1) is 6.92 Å². The van der Waals surface area contributed by atoms with E-state index in [1.165, 1.54) is 0 Å². The average Bonchev–Trinajstić information content (AvgIpc) is 2.87. The highest BCUT2D eigenvalue weighted by molar-refractivity contribution is 7.94. The number of sulfone groups is 1. The summed E-state index contributed by atoms with van der Waals surface area (Å²) in [5, 5.41) is 7.78. The summed E-state index contributed by atoms with van der Waals surface area (Å²) < 4.78 is 24.2. The molecule has 1 aromatic carbocycles. The Morgan fingerprint density at radius 2 is 2.05 bits per heavy atom. The predicted molar refractivity (Wildman–Crippen MR) is 85.5 cm³/mol. The molecule has 1 N–H and O–H groups in total. The summed E-state index contributed by atoms with van der Waals surface area (Å²) in [5.74, 6) is -0.238. The Bertz CT molecular complexity index is 780. The third kappa shape index (κ3) is 4.05. The lowest BCUT2D eigenvalue weighted by Gasteiger charge is -2.03. The number of nitrogens with one attached hydrogen (secondary N) is 1. The summed E-state index contributed by atoms with van der Waals surface area (Å²) >= 11 is 0. The second kappa shape index (κ2) is 6.57. The molecule has 0 aliphatic carbocycles. The van der Waals surface area contributed by atoms with E-state index in [9.17, 15) is 13.2 Å². The minimum atomic E-state index is -3.38. The van der Waals surface area contributed by atoms with Gasteiger partial charge in [0.1, 0.15) is 0 Å². The van der Waals surface area contributed by atoms with E-state index in [0.717, 1.165) is 16.7 Å². The van der Waals surface area contributed by atoms with E-state index in [-0.39, 0.29) is 12.2 Å². The van der Waals surface area contributed by atoms with Crippen LogP contribution in [0.25, 0.3) is 5.69 Å². The lowest BCUT2D eigenvalue weighted by atomic mass is 10.3. The quantitative estimate of drug-likeness (QED) is 0.884. The summed E-state index contributed by atoms with van der Waals surface area (Å²) in [6.45, 7) is 5.03. The molecular weight excluding hydrogens is 302 g/mol. The molecule has 116 valence electrons. The monoisotopic (exact) mass is 319 g/mol. The summed E-state index contributed by atoms with van der Waals surface area (Å²) in [7, 11) is -3.38. The number of para-hydroxylation sites is 1. The first-order valence-electron chi connectivity index (χ1n) is 6.68. The van der Waals surface area contributed by atoms with Gasteiger partial charge in [-0.05, 0) is 19.1 Å². The molecule has 0 saturated carbocycles. The molecule has 0 aliphatic heterocycles. The molecule has 0 aliphatic rings. The van der Waals surface area contributed by atoms with Crippen LogP contribution < -0.4 is 5.32 Å². The molecular formula is C15H17N3O3S. The van der Waals surface area contributed by atoms with Gasteiger partial charge in [0.05, 0.1) is 11.4 Å². The molecule has 1 heterocycles. The molecule has 0 unspecified atom stereocenters. The first-order chi connectivity index (χ1) is 10.4. The summed E-state index contributed by atoms with van der Waals surface area (Å²) in [6, 6.07) is 9.49. The molecule has 7 heteroatoms. The highest BCUT2D eigenvalue weighted by atomic mass is 32.2. The number of aromatic nitrogens is 2. The molecule has 0 saturated heterocycles. The number of hydrogen-bond acceptors (Lipinski definition) is 4. The Hall–Kier alpha value is -2.41. The Morgan fingerprint density at radius 3 is 2.68 bits per heavy atom. The largest absolute Gasteiger partial charge is 0.309 e. The zero-order valence-corrected chi connectivity index (χ0v) is 13.0. The van der Waals surface area contributed by atoms with Crippen LogP contribution in [0.15, 0.2) is 48.5 Å². The Kier molecular flexibility index (Phi) is 4.77. The number of aryl methyl sites for hydroxylation is 1. The van der Waals surface area contributed by atoms with Gasteiger partial charge in [0.25, 0.3) is 0 Å². The van der Waals surface area contributed by atoms with Gasteiger partial charge in [-0.2, -0.15) is 0 Å². The van der Waals surface area contributed by atoms with E-state index in [4.69, 9.17) is 0 Å². The van der Waals surface area contributed by atoms with Crippen molar-refractivity contribution in [3.63, 3.8) is 0 Å². The van der Waals surface area contributed by atoms with Gasteiger partial charge in [-0.1, -0.05) is 24.8 Å². The fourth-order valence-electron chi connectivity index (χ4n) is 1.81. The SMILES string of the molecule is C=CS(=O)(=O)CCC(=O)Nc1nn(-c2ccccc2)cc1C. The van der Waals surface area contributed by atoms with Gasteiger partial charge >= 0.3 is 0 Å². The molecule has 0 atom stereocenters. The van der Waals surface area contributed by atoms with Crippen molar-refractivity contribution >= 4 is 21.6 Å². The van der Waals surface area contributed by atoms with E-state index in [0.29, 0.717) is 5.82 Å². The van der Waals surface area contributed by atoms with Crippen molar-refractivity contribution in [2.45, 2.75) is 13.3 Å². The lowest BCUT2D eigenvalue weighted by molar-refractivity contribution is -0.115. The minimum absolute atomic E-state index is 0.133. The van der Waals surface area contributed by atoms with Crippen LogP contribution in [0.3, 0.4) is 0 Å². The third-order valence-electron chi connectivity index (χ3n) is 3.04. The van der Waals surface area contributed by atoms with Crippen LogP contribution in [-0.2, 0) is 14.6 Å². The fourth-order valence-corrected chi connectivity index (χ4v) is 2.45. The average molecular weight is 319 g/mol. The van der Waals surface area contributed by atoms with Crippen LogP contribution in [0.4, 0.5) is 5.82 Å². The van der Waals surface area contributed by atoms with Crippen LogP contribution in [-0.4, -0.2) is 29.9 Å². The molecule has 0 spiro atoms. The maximum Gasteiger partial charge on any atom is 0.226 e. The Balaban J connectivity index is 2.06. The smallest absolute Gasteiger partial charge is 0.226 e. The lowest BCUT2D eigenvalue weighted by Crippen LogP contribution is -2.17. The van der Waals surface area contributed by atoms with Crippen LogP contribution in [0.5, 0.6) is 0 Å². The van der Waals surface area contributed by atoms with Crippen LogP contribution in [0.1, 0.15) is 12.0 Å². The number of anilines is 1. The molecule has 0 radical (unpaired) electrons. The number of amides is 1. The number of carbonyl (C=O) groups is 1. The normalized spacial score (nSPS) is 11.1. The second-order valence-electron chi connectivity index (χ2n) is 4.77. The maximum absolute atomic E-state index is 11.8. The van der Waals surface area contributed by atoms with Gasteiger partial charge < -0.3 is 5.32 Å². The number of hydrogen-bond donors (Lipinski definition) is 1. The van der Waals surface area contributed by atoms with Gasteiger partial charge in [-0.25, -0.2) is 13.1 Å². The van der Waals surface area contributed by atoms with Crippen molar-refractivity contribution in [2.75, 3.05) is 11.1 Å². The van der Waals surface area contributed by atoms with E-state index in [1.54, 1.807) is 10.9 Å². The van der Waals surface area contributed by atoms with Crippen molar-refractivity contribution < 1.29 is 13.2 Å². The van der Waals surface area contributed by atoms with Crippen LogP contribution in [0.2, 0.25) is 0 Å². The van der Waals surface area contributed by atoms with E-state index < -0.39 is 15.7 Å². The number of nitrogens with zero attached hydrogens (tertiary/aromatic N) is 2. The van der Waals surface area contributed by atoms with E-state index >= 15 is 0 Å². The molecule has 22 heavy (non-hydrogen) atoms. The van der Waals surface area contributed by atoms with Gasteiger partial charge in [-0.15, -0.1) is 5.10 Å². The fraction of sp³-hybridized carbons (Fsp3) is 0.200. The molecule has 6 nitrogen and oxygen atoms in total. The summed E-state index contributed by atoms with van der Waals surface area (Å²) in [6.07, 6.45) is 1.66. The molecule has 1 aromatic heterocycles. The first kappa shape index (κ1) is 16.0. The van der Waals surface area contributed by atoms with Crippen molar-refractivity contribution in [1.29, 1.82) is 0 Å². The first-order valence-corrected chi connectivity index (χ1v) is 8.39. The van der Waals surface area contributed by atoms with Gasteiger partial charge in [-0.3, -0.25) is 4.79 Å². The molecule has 2 rings (SSSR count). The highest BCUT2D eigenvalue weighted by Crippen LogP contribution is 2.15. The van der Waals surface area contributed by atoms with Crippen molar-refractivity contribution in [3.05, 3.63) is 54.1 Å². The highest BCUT2D eigenvalue weighted by Gasteiger charge is 2.13. The number of carbonyl (C=O) groups excluding carboxylic acids is 1. The van der Waals surface area contributed by atoms with Gasteiger partial charge in [0.2, 0.25) is 5.91 Å². The predicted octanol–water partition coefficient (Wildman–Crippen LogP) is 2.07. The van der Waals surface area contributed by atoms with Crippen molar-refractivity contribution in [3.8, 4) is 5.69 Å². The third-order valence-corrected chi connectivity index (χ3v) is 4.32. The minimum Gasteiger partial charge on any atom is -0.309 e. The Morgan fingerprint density at radius 1 is 1.36 bits per heavy atom. The van der Waals surface area contributed by atoms with Gasteiger partial charge in [0.15, 0.2) is 15.7 Å². The Labute approximate surface area is 129 Å². The molecule has 0 bridgehead atoms. The van der Waals surface area contributed by atoms with Gasteiger partial charge in [0, 0.05) is 23.6 Å². The van der Waals surface area contributed by atoms with Crippen molar-refractivity contribution in [1.82, 2.24) is 9.78 Å². The topological polar surface area (TPSA) is 81.1 Å². The summed E-state index contributed by atoms with van der Waals surface area (Å²) in [5.41, 5.74) is 1.67. The van der Waals surface area contributed by atoms with Crippen molar-refractivity contribution in [2.24, 2.45) is 0 Å². The molecule has 0 fully saturated rings. The molecule has 1 amide bonds. The summed E-state index contributed by atoms with van der Waals surface area (Å²) in [4.78, 5) is 11.8. The zero-order chi connectivity index (χ0) is 16.2. The van der Waals surface area contributed by atoms with E-state index in [2.05, 4.69) is 17.0 Å². The van der Waals surface area contributed by atoms with E-state index in [1.807, 2.05) is 37.3 Å². The maximum atomic E-state index is 11.8. The zero-order valence-electron chi connectivity index (χ0n) is 12.2.